The van der Waals surface area contributed by atoms with Crippen LogP contribution in [-0.4, -0.2) is 44.1 Å². The number of rotatable bonds is 7. The summed E-state index contributed by atoms with van der Waals surface area (Å²) in [5.41, 5.74) is 5.31. The fourth-order valence-electron chi connectivity index (χ4n) is 3.38. The maximum absolute atomic E-state index is 14.2. The highest BCUT2D eigenvalue weighted by Gasteiger charge is 2.32. The molecule has 0 aromatic heterocycles. The highest BCUT2D eigenvalue weighted by molar-refractivity contribution is 14.1. The van der Waals surface area contributed by atoms with Crippen molar-refractivity contribution in [2.75, 3.05) is 24.7 Å². The molecule has 1 saturated heterocycles. The average molecular weight is 551 g/mol. The Morgan fingerprint density at radius 3 is 2.67 bits per heavy atom. The number of nitrogens with zero attached hydrogens (tertiary/aromatic N) is 1. The van der Waals surface area contributed by atoms with Crippen LogP contribution in [0, 0.1) is 15.2 Å². The van der Waals surface area contributed by atoms with Gasteiger partial charge in [-0.25, -0.2) is 17.2 Å². The Bertz CT molecular complexity index is 1080. The molecule has 11 heteroatoms. The SMILES string of the molecule is CS(=O)(=O)N1CCC[C@@H]1COc1cc(F)cc(Nc2ccc(I)cc2F)c1C(N)=O. The largest absolute Gasteiger partial charge is 0.491 e. The van der Waals surface area contributed by atoms with Crippen LogP contribution >= 0.6 is 22.6 Å². The van der Waals surface area contributed by atoms with E-state index in [2.05, 4.69) is 5.32 Å². The molecule has 162 valence electrons. The predicted octanol–water partition coefficient (Wildman–Crippen LogP) is 3.21. The van der Waals surface area contributed by atoms with Gasteiger partial charge in [0, 0.05) is 16.2 Å². The van der Waals surface area contributed by atoms with Gasteiger partial charge in [0.05, 0.1) is 23.7 Å². The number of nitrogens with one attached hydrogen (secondary N) is 1. The van der Waals surface area contributed by atoms with Gasteiger partial charge in [-0.1, -0.05) is 0 Å². The fourth-order valence-corrected chi connectivity index (χ4v) is 5.00. The van der Waals surface area contributed by atoms with Gasteiger partial charge in [0.25, 0.3) is 5.91 Å². The first kappa shape index (κ1) is 22.7. The van der Waals surface area contributed by atoms with Gasteiger partial charge in [0.15, 0.2) is 0 Å². The normalized spacial score (nSPS) is 17.1. The Kier molecular flexibility index (Phi) is 6.82. The summed E-state index contributed by atoms with van der Waals surface area (Å²) in [6.07, 6.45) is 2.36. The van der Waals surface area contributed by atoms with Gasteiger partial charge in [-0.3, -0.25) is 4.79 Å². The van der Waals surface area contributed by atoms with E-state index in [9.17, 15) is 22.0 Å². The number of nitrogens with two attached hydrogens (primary N) is 1. The molecular weight excluding hydrogens is 531 g/mol. The molecule has 0 unspecified atom stereocenters. The van der Waals surface area contributed by atoms with Gasteiger partial charge >= 0.3 is 0 Å². The Labute approximate surface area is 186 Å². The number of hydrogen-bond acceptors (Lipinski definition) is 5. The minimum atomic E-state index is -3.41. The maximum atomic E-state index is 14.2. The van der Waals surface area contributed by atoms with E-state index < -0.39 is 33.6 Å². The minimum Gasteiger partial charge on any atom is -0.491 e. The lowest BCUT2D eigenvalue weighted by Gasteiger charge is -2.23. The van der Waals surface area contributed by atoms with E-state index in [0.29, 0.717) is 23.0 Å². The van der Waals surface area contributed by atoms with Gasteiger partial charge in [-0.05, 0) is 59.7 Å². The second kappa shape index (κ2) is 9.02. The van der Waals surface area contributed by atoms with Crippen LogP contribution < -0.4 is 15.8 Å². The zero-order valence-electron chi connectivity index (χ0n) is 16.0. The first-order chi connectivity index (χ1) is 14.1. The quantitative estimate of drug-likeness (QED) is 0.515. The summed E-state index contributed by atoms with van der Waals surface area (Å²) in [7, 11) is -3.41. The summed E-state index contributed by atoms with van der Waals surface area (Å²) in [5.74, 6) is -2.35. The molecule has 7 nitrogen and oxygen atoms in total. The van der Waals surface area contributed by atoms with E-state index in [1.165, 1.54) is 16.4 Å². The van der Waals surface area contributed by atoms with E-state index in [-0.39, 0.29) is 29.3 Å². The van der Waals surface area contributed by atoms with Gasteiger partial charge < -0.3 is 15.8 Å². The Balaban J connectivity index is 1.90. The molecule has 0 aliphatic carbocycles. The molecule has 1 aliphatic heterocycles. The number of benzene rings is 2. The van der Waals surface area contributed by atoms with Crippen LogP contribution in [0.25, 0.3) is 0 Å². The summed E-state index contributed by atoms with van der Waals surface area (Å²) in [6.45, 7) is 0.297. The smallest absolute Gasteiger partial charge is 0.254 e. The summed E-state index contributed by atoms with van der Waals surface area (Å²) >= 11 is 1.95. The highest BCUT2D eigenvalue weighted by Crippen LogP contribution is 2.32. The molecule has 1 heterocycles. The summed E-state index contributed by atoms with van der Waals surface area (Å²) in [4.78, 5) is 12.1. The number of carbonyl (C=O) groups is 1. The molecule has 0 bridgehead atoms. The monoisotopic (exact) mass is 551 g/mol. The molecule has 2 aromatic carbocycles. The van der Waals surface area contributed by atoms with E-state index in [1.54, 1.807) is 6.07 Å². The number of sulfonamides is 1. The number of primary amides is 1. The second-order valence-corrected chi connectivity index (χ2v) is 10.1. The summed E-state index contributed by atoms with van der Waals surface area (Å²) in [6, 6.07) is 5.96. The van der Waals surface area contributed by atoms with Crippen molar-refractivity contribution in [1.29, 1.82) is 0 Å². The molecule has 1 fully saturated rings. The van der Waals surface area contributed by atoms with Gasteiger partial charge in [0.1, 0.15) is 29.6 Å². The van der Waals surface area contributed by atoms with Crippen molar-refractivity contribution in [1.82, 2.24) is 4.31 Å². The number of anilines is 2. The third kappa shape index (κ3) is 5.19. The molecule has 0 spiro atoms. The molecule has 0 saturated carbocycles. The van der Waals surface area contributed by atoms with Crippen LogP contribution in [0.2, 0.25) is 0 Å². The molecule has 3 N–H and O–H groups in total. The predicted molar refractivity (Wildman–Crippen MR) is 117 cm³/mol. The molecule has 1 amide bonds. The second-order valence-electron chi connectivity index (χ2n) is 6.92. The maximum Gasteiger partial charge on any atom is 0.254 e. The van der Waals surface area contributed by atoms with Gasteiger partial charge in [-0.2, -0.15) is 4.31 Å². The Morgan fingerprint density at radius 1 is 1.30 bits per heavy atom. The van der Waals surface area contributed by atoms with E-state index in [0.717, 1.165) is 18.4 Å². The number of carbonyl (C=O) groups excluding carboxylic acids is 1. The third-order valence-electron chi connectivity index (χ3n) is 4.69. The van der Waals surface area contributed by atoms with Crippen molar-refractivity contribution in [3.63, 3.8) is 0 Å². The van der Waals surface area contributed by atoms with Crippen LogP contribution in [0.5, 0.6) is 5.75 Å². The number of amides is 1. The van der Waals surface area contributed by atoms with E-state index >= 15 is 0 Å². The molecular formula is C19H20F2IN3O4S. The van der Waals surface area contributed by atoms with Crippen molar-refractivity contribution in [2.24, 2.45) is 5.73 Å². The first-order valence-corrected chi connectivity index (χ1v) is 11.9. The van der Waals surface area contributed by atoms with Crippen molar-refractivity contribution in [2.45, 2.75) is 18.9 Å². The topological polar surface area (TPSA) is 102 Å². The lowest BCUT2D eigenvalue weighted by atomic mass is 10.1. The lowest BCUT2D eigenvalue weighted by molar-refractivity contribution is 0.0996. The van der Waals surface area contributed by atoms with Crippen LogP contribution in [0.1, 0.15) is 23.2 Å². The summed E-state index contributed by atoms with van der Waals surface area (Å²) in [5, 5.41) is 2.69. The Morgan fingerprint density at radius 2 is 2.03 bits per heavy atom. The van der Waals surface area contributed by atoms with Crippen LogP contribution in [-0.2, 0) is 10.0 Å². The van der Waals surface area contributed by atoms with Crippen LogP contribution in [0.4, 0.5) is 20.2 Å². The van der Waals surface area contributed by atoms with Gasteiger partial charge in [-0.15, -0.1) is 0 Å². The van der Waals surface area contributed by atoms with Crippen molar-refractivity contribution in [3.05, 3.63) is 51.1 Å². The average Bonchev–Trinajstić information content (AvgIpc) is 3.10. The minimum absolute atomic E-state index is 0.0357. The molecule has 1 atom stereocenters. The molecule has 30 heavy (non-hydrogen) atoms. The van der Waals surface area contributed by atoms with E-state index in [4.69, 9.17) is 10.5 Å². The van der Waals surface area contributed by atoms with Crippen molar-refractivity contribution < 1.29 is 26.7 Å². The van der Waals surface area contributed by atoms with Crippen LogP contribution in [0.3, 0.4) is 0 Å². The molecule has 3 rings (SSSR count). The number of halogens is 3. The third-order valence-corrected chi connectivity index (χ3v) is 6.70. The van der Waals surface area contributed by atoms with Crippen LogP contribution in [0.15, 0.2) is 30.3 Å². The Hall–Kier alpha value is -1.99. The summed E-state index contributed by atoms with van der Waals surface area (Å²) < 4.78 is 59.8. The fraction of sp³-hybridized carbons (Fsp3) is 0.316. The molecule has 0 radical (unpaired) electrons. The highest BCUT2D eigenvalue weighted by atomic mass is 127. The zero-order chi connectivity index (χ0) is 22.1. The number of hydrogen-bond donors (Lipinski definition) is 2. The van der Waals surface area contributed by atoms with E-state index in [1.807, 2.05) is 22.6 Å². The lowest BCUT2D eigenvalue weighted by Crippen LogP contribution is -2.38. The first-order valence-electron chi connectivity index (χ1n) is 9.01. The molecule has 2 aromatic rings. The van der Waals surface area contributed by atoms with Crippen molar-refractivity contribution in [3.8, 4) is 5.75 Å². The van der Waals surface area contributed by atoms with Crippen molar-refractivity contribution >= 4 is 49.9 Å². The zero-order valence-corrected chi connectivity index (χ0v) is 19.0. The standard InChI is InChI=1S/C19H20F2IN3O4S/c1-30(27,28)25-6-2-3-13(25)10-29-17-8-11(20)7-16(18(17)19(23)26)24-15-5-4-12(22)9-14(15)21/h4-5,7-9,13,24H,2-3,6,10H2,1H3,(H2,23,26)/t13-/m1/s1. The molecule has 1 aliphatic rings. The van der Waals surface area contributed by atoms with Gasteiger partial charge in [0.2, 0.25) is 10.0 Å². The number of ether oxygens (including phenoxy) is 1.